The first-order chi connectivity index (χ1) is 11.4. The number of hydrogen-bond acceptors (Lipinski definition) is 6. The summed E-state index contributed by atoms with van der Waals surface area (Å²) in [4.78, 5) is 6.19. The van der Waals surface area contributed by atoms with Crippen LogP contribution in [0, 0.1) is 6.92 Å². The molecule has 1 saturated heterocycles. The van der Waals surface area contributed by atoms with Crippen LogP contribution in [0.25, 0.3) is 0 Å². The Balaban J connectivity index is 1.69. The highest BCUT2D eigenvalue weighted by Gasteiger charge is 2.32. The number of halogens is 2. The molecule has 0 unspecified atom stereocenters. The molecule has 1 aromatic carbocycles. The normalized spacial score (nSPS) is 17.3. The lowest BCUT2D eigenvalue weighted by atomic mass is 10.3. The van der Waals surface area contributed by atoms with Gasteiger partial charge in [-0.2, -0.15) is 9.29 Å². The van der Waals surface area contributed by atoms with Crippen molar-refractivity contribution in [1.29, 1.82) is 0 Å². The third-order valence-electron chi connectivity index (χ3n) is 3.78. The lowest BCUT2D eigenvalue weighted by Gasteiger charge is -2.33. The fraction of sp³-hybridized carbons (Fsp3) is 0.429. The molecule has 0 saturated carbocycles. The molecule has 0 aliphatic carbocycles. The quantitative estimate of drug-likeness (QED) is 0.795. The van der Waals surface area contributed by atoms with Crippen molar-refractivity contribution in [3.05, 3.63) is 40.0 Å². The van der Waals surface area contributed by atoms with E-state index in [2.05, 4.69) is 15.0 Å². The van der Waals surface area contributed by atoms with E-state index in [1.165, 1.54) is 16.4 Å². The maximum absolute atomic E-state index is 12.8. The van der Waals surface area contributed by atoms with Crippen LogP contribution in [-0.2, 0) is 16.6 Å². The first-order valence-electron chi connectivity index (χ1n) is 7.33. The first kappa shape index (κ1) is 17.6. The minimum atomic E-state index is -3.72. The first-order valence-corrected chi connectivity index (χ1v) is 9.53. The molecule has 1 aliphatic rings. The van der Waals surface area contributed by atoms with Gasteiger partial charge in [-0.3, -0.25) is 4.90 Å². The third kappa shape index (κ3) is 3.57. The van der Waals surface area contributed by atoms with Crippen molar-refractivity contribution in [2.24, 2.45) is 0 Å². The number of aromatic nitrogens is 2. The van der Waals surface area contributed by atoms with Crippen LogP contribution in [0.2, 0.25) is 10.0 Å². The Labute approximate surface area is 150 Å². The van der Waals surface area contributed by atoms with Crippen molar-refractivity contribution in [2.45, 2.75) is 18.4 Å². The summed E-state index contributed by atoms with van der Waals surface area (Å²) in [6, 6.07) is 4.66. The van der Waals surface area contributed by atoms with Crippen molar-refractivity contribution in [3.8, 4) is 0 Å². The molecule has 10 heteroatoms. The summed E-state index contributed by atoms with van der Waals surface area (Å²) in [5.74, 6) is 1.11. The van der Waals surface area contributed by atoms with Crippen LogP contribution < -0.4 is 0 Å². The molecule has 24 heavy (non-hydrogen) atoms. The van der Waals surface area contributed by atoms with E-state index in [0.29, 0.717) is 44.4 Å². The number of sulfonamides is 1. The van der Waals surface area contributed by atoms with Gasteiger partial charge in [0.2, 0.25) is 15.9 Å². The Kier molecular flexibility index (Phi) is 5.12. The van der Waals surface area contributed by atoms with Gasteiger partial charge in [0.05, 0.1) is 16.6 Å². The number of aryl methyl sites for hydroxylation is 1. The van der Waals surface area contributed by atoms with Gasteiger partial charge in [-0.25, -0.2) is 8.42 Å². The van der Waals surface area contributed by atoms with Crippen LogP contribution in [0.4, 0.5) is 0 Å². The summed E-state index contributed by atoms with van der Waals surface area (Å²) in [6.07, 6.45) is 0. The van der Waals surface area contributed by atoms with E-state index in [1.807, 2.05) is 0 Å². The van der Waals surface area contributed by atoms with Gasteiger partial charge in [0.25, 0.3) is 0 Å². The van der Waals surface area contributed by atoms with Crippen molar-refractivity contribution >= 4 is 33.2 Å². The highest BCUT2D eigenvalue weighted by atomic mass is 35.5. The number of hydrogen-bond donors (Lipinski definition) is 0. The molecule has 0 atom stereocenters. The largest absolute Gasteiger partial charge is 0.338 e. The van der Waals surface area contributed by atoms with Crippen molar-refractivity contribution in [1.82, 2.24) is 19.3 Å². The minimum Gasteiger partial charge on any atom is -0.338 e. The Morgan fingerprint density at radius 1 is 1.17 bits per heavy atom. The van der Waals surface area contributed by atoms with Crippen LogP contribution in [-0.4, -0.2) is 53.9 Å². The Morgan fingerprint density at radius 3 is 2.33 bits per heavy atom. The third-order valence-corrected chi connectivity index (χ3v) is 6.63. The SMILES string of the molecule is Cc1noc(CN2CCN(S(=O)(=O)c3c(Cl)cccc3Cl)CC2)n1. The lowest BCUT2D eigenvalue weighted by molar-refractivity contribution is 0.163. The standard InChI is InChI=1S/C14H16Cl2N4O3S/c1-10-17-13(23-18-10)9-19-5-7-20(8-6-19)24(21,22)14-11(15)3-2-4-12(14)16/h2-4H,5-9H2,1H3. The fourth-order valence-electron chi connectivity index (χ4n) is 2.58. The van der Waals surface area contributed by atoms with Gasteiger partial charge in [0, 0.05) is 26.2 Å². The molecule has 0 spiro atoms. The van der Waals surface area contributed by atoms with Crippen LogP contribution in [0.15, 0.2) is 27.6 Å². The second-order valence-corrected chi connectivity index (χ2v) is 8.16. The van der Waals surface area contributed by atoms with Crippen molar-refractivity contribution < 1.29 is 12.9 Å². The van der Waals surface area contributed by atoms with Crippen LogP contribution in [0.3, 0.4) is 0 Å². The predicted octanol–water partition coefficient (Wildman–Crippen LogP) is 2.19. The number of rotatable bonds is 4. The Hall–Kier alpha value is -1.19. The van der Waals surface area contributed by atoms with E-state index in [1.54, 1.807) is 13.0 Å². The summed E-state index contributed by atoms with van der Waals surface area (Å²) in [6.45, 7) is 4.06. The molecule has 130 valence electrons. The van der Waals surface area contributed by atoms with Gasteiger partial charge >= 0.3 is 0 Å². The van der Waals surface area contributed by atoms with Crippen LogP contribution in [0.5, 0.6) is 0 Å². The molecule has 1 fully saturated rings. The topological polar surface area (TPSA) is 79.5 Å². The van der Waals surface area contributed by atoms with Crippen LogP contribution in [0.1, 0.15) is 11.7 Å². The molecule has 1 aliphatic heterocycles. The highest BCUT2D eigenvalue weighted by Crippen LogP contribution is 2.31. The van der Waals surface area contributed by atoms with Crippen molar-refractivity contribution in [2.75, 3.05) is 26.2 Å². The van der Waals surface area contributed by atoms with Crippen LogP contribution >= 0.6 is 23.2 Å². The molecule has 0 N–H and O–H groups in total. The maximum atomic E-state index is 12.8. The molecule has 0 radical (unpaired) electrons. The Bertz CT molecular complexity index is 812. The number of piperazine rings is 1. The molecule has 0 amide bonds. The molecule has 2 heterocycles. The van der Waals surface area contributed by atoms with Crippen molar-refractivity contribution in [3.63, 3.8) is 0 Å². The predicted molar refractivity (Wildman–Crippen MR) is 89.5 cm³/mol. The minimum absolute atomic E-state index is 0.0330. The molecule has 3 rings (SSSR count). The molecular weight excluding hydrogens is 375 g/mol. The molecule has 7 nitrogen and oxygen atoms in total. The smallest absolute Gasteiger partial charge is 0.246 e. The number of benzene rings is 1. The summed E-state index contributed by atoms with van der Waals surface area (Å²) in [7, 11) is -3.72. The zero-order valence-electron chi connectivity index (χ0n) is 12.9. The average Bonchev–Trinajstić information content (AvgIpc) is 2.92. The second-order valence-electron chi connectivity index (χ2n) is 5.47. The fourth-order valence-corrected chi connectivity index (χ4v) is 5.10. The van der Waals surface area contributed by atoms with E-state index >= 15 is 0 Å². The maximum Gasteiger partial charge on any atom is 0.246 e. The summed E-state index contributed by atoms with van der Waals surface area (Å²) in [5.41, 5.74) is 0. The zero-order chi connectivity index (χ0) is 17.3. The second kappa shape index (κ2) is 6.97. The van der Waals surface area contributed by atoms with E-state index in [4.69, 9.17) is 27.7 Å². The van der Waals surface area contributed by atoms with Gasteiger partial charge < -0.3 is 4.52 Å². The zero-order valence-corrected chi connectivity index (χ0v) is 15.3. The van der Waals surface area contributed by atoms with E-state index in [0.717, 1.165) is 0 Å². The molecule has 0 bridgehead atoms. The van der Waals surface area contributed by atoms with Gasteiger partial charge in [-0.05, 0) is 19.1 Å². The Morgan fingerprint density at radius 2 is 1.79 bits per heavy atom. The summed E-state index contributed by atoms with van der Waals surface area (Å²) >= 11 is 12.1. The molecule has 1 aromatic heterocycles. The lowest BCUT2D eigenvalue weighted by Crippen LogP contribution is -2.48. The monoisotopic (exact) mass is 390 g/mol. The van der Waals surface area contributed by atoms with Gasteiger partial charge in [-0.1, -0.05) is 34.4 Å². The van der Waals surface area contributed by atoms with E-state index < -0.39 is 10.0 Å². The van der Waals surface area contributed by atoms with Gasteiger partial charge in [-0.15, -0.1) is 0 Å². The van der Waals surface area contributed by atoms with E-state index in [9.17, 15) is 8.42 Å². The molecule has 2 aromatic rings. The average molecular weight is 391 g/mol. The van der Waals surface area contributed by atoms with E-state index in [-0.39, 0.29) is 14.9 Å². The molecular formula is C14H16Cl2N4O3S. The highest BCUT2D eigenvalue weighted by molar-refractivity contribution is 7.89. The van der Waals surface area contributed by atoms with Gasteiger partial charge in [0.15, 0.2) is 5.82 Å². The summed E-state index contributed by atoms with van der Waals surface area (Å²) in [5, 5.41) is 4.01. The summed E-state index contributed by atoms with van der Waals surface area (Å²) < 4.78 is 32.1. The number of nitrogens with zero attached hydrogens (tertiary/aromatic N) is 4. The van der Waals surface area contributed by atoms with Gasteiger partial charge in [0.1, 0.15) is 4.90 Å².